The molecule has 0 aliphatic heterocycles. The summed E-state index contributed by atoms with van der Waals surface area (Å²) in [6.07, 6.45) is 2.10. The van der Waals surface area contributed by atoms with Crippen molar-refractivity contribution in [3.63, 3.8) is 0 Å². The van der Waals surface area contributed by atoms with Gasteiger partial charge in [-0.25, -0.2) is 4.79 Å². The summed E-state index contributed by atoms with van der Waals surface area (Å²) < 4.78 is 4.76. The summed E-state index contributed by atoms with van der Waals surface area (Å²) in [5, 5.41) is 0.364. The first-order valence-electron chi connectivity index (χ1n) is 9.18. The lowest BCUT2D eigenvalue weighted by atomic mass is 10.0. The van der Waals surface area contributed by atoms with Gasteiger partial charge < -0.3 is 14.6 Å². The van der Waals surface area contributed by atoms with Gasteiger partial charge in [0.25, 0.3) is 5.91 Å². The molecule has 3 rings (SSSR count). The van der Waals surface area contributed by atoms with Crippen LogP contribution in [0.25, 0.3) is 0 Å². The van der Waals surface area contributed by atoms with Crippen LogP contribution in [0.5, 0.6) is 0 Å². The molecule has 1 saturated carbocycles. The first-order chi connectivity index (χ1) is 13.3. The molecule has 1 N–H and O–H groups in total. The highest BCUT2D eigenvalue weighted by molar-refractivity contribution is 6.33. The number of nitrogens with one attached hydrogen (secondary N) is 1. The van der Waals surface area contributed by atoms with E-state index in [9.17, 15) is 14.4 Å². The highest BCUT2D eigenvalue weighted by atomic mass is 35.5. The number of esters is 1. The van der Waals surface area contributed by atoms with Crippen LogP contribution in [0.2, 0.25) is 5.02 Å². The largest absolute Gasteiger partial charge is 0.464 e. The quantitative estimate of drug-likeness (QED) is 0.564. The molecule has 0 radical (unpaired) electrons. The number of ketones is 1. The number of aromatic nitrogens is 1. The summed E-state index contributed by atoms with van der Waals surface area (Å²) >= 11 is 6.18. The molecule has 1 aliphatic rings. The van der Waals surface area contributed by atoms with Gasteiger partial charge in [0.2, 0.25) is 0 Å². The smallest absolute Gasteiger partial charge is 0.354 e. The lowest BCUT2D eigenvalue weighted by molar-refractivity contribution is 0.0593. The Bertz CT molecular complexity index is 930. The third-order valence-corrected chi connectivity index (χ3v) is 5.34. The van der Waals surface area contributed by atoms with Gasteiger partial charge in [-0.2, -0.15) is 0 Å². The van der Waals surface area contributed by atoms with Crippen molar-refractivity contribution in [2.24, 2.45) is 5.92 Å². The van der Waals surface area contributed by atoms with Crippen LogP contribution in [0.3, 0.4) is 0 Å². The number of Topliss-reactive ketones (excluding diaryl/α,β-unsaturated/α-hetero) is 1. The molecule has 1 fully saturated rings. The van der Waals surface area contributed by atoms with E-state index >= 15 is 0 Å². The van der Waals surface area contributed by atoms with Crippen LogP contribution in [0.15, 0.2) is 24.3 Å². The number of aromatic amines is 1. The maximum atomic E-state index is 13.0. The Morgan fingerprint density at radius 2 is 1.89 bits per heavy atom. The number of rotatable bonds is 7. The van der Waals surface area contributed by atoms with Crippen molar-refractivity contribution in [1.82, 2.24) is 9.88 Å². The Morgan fingerprint density at radius 3 is 2.50 bits per heavy atom. The number of nitrogens with zero attached hydrogens (tertiary/aromatic N) is 1. The highest BCUT2D eigenvalue weighted by Gasteiger charge is 2.31. The molecule has 1 amide bonds. The molecule has 0 atom stereocenters. The predicted molar refractivity (Wildman–Crippen MR) is 106 cm³/mol. The van der Waals surface area contributed by atoms with Crippen LogP contribution in [-0.2, 0) is 4.74 Å². The van der Waals surface area contributed by atoms with Crippen LogP contribution >= 0.6 is 11.6 Å². The van der Waals surface area contributed by atoms with Gasteiger partial charge in [0.15, 0.2) is 5.78 Å². The number of amides is 1. The topological polar surface area (TPSA) is 79.5 Å². The zero-order valence-corrected chi connectivity index (χ0v) is 16.9. The average Bonchev–Trinajstić information content (AvgIpc) is 3.43. The zero-order chi connectivity index (χ0) is 20.4. The van der Waals surface area contributed by atoms with E-state index in [1.807, 2.05) is 0 Å². The van der Waals surface area contributed by atoms with Gasteiger partial charge in [-0.15, -0.1) is 0 Å². The molecule has 1 heterocycles. The Morgan fingerprint density at radius 1 is 1.21 bits per heavy atom. The molecule has 1 aliphatic carbocycles. The average molecular weight is 403 g/mol. The van der Waals surface area contributed by atoms with Crippen LogP contribution in [-0.4, -0.2) is 47.7 Å². The Balaban J connectivity index is 1.86. The summed E-state index contributed by atoms with van der Waals surface area (Å²) in [7, 11) is 1.29. The van der Waals surface area contributed by atoms with Gasteiger partial charge in [0, 0.05) is 17.8 Å². The fourth-order valence-corrected chi connectivity index (χ4v) is 3.58. The summed E-state index contributed by atoms with van der Waals surface area (Å²) in [4.78, 5) is 42.4. The number of aryl methyl sites for hydroxylation is 1. The molecule has 1 aromatic carbocycles. The number of H-pyrrole nitrogens is 1. The van der Waals surface area contributed by atoms with E-state index in [1.54, 1.807) is 43.0 Å². The van der Waals surface area contributed by atoms with E-state index in [4.69, 9.17) is 16.3 Å². The fraction of sp³-hybridized carbons (Fsp3) is 0.381. The number of carbonyl (C=O) groups excluding carboxylic acids is 3. The lowest BCUT2D eigenvalue weighted by Crippen LogP contribution is -2.37. The summed E-state index contributed by atoms with van der Waals surface area (Å²) in [5.74, 6) is -0.591. The molecule has 28 heavy (non-hydrogen) atoms. The molecule has 0 unspecified atom stereocenters. The minimum absolute atomic E-state index is 0.0687. The molecular formula is C21H23ClN2O4. The highest BCUT2D eigenvalue weighted by Crippen LogP contribution is 2.31. The Labute approximate surface area is 168 Å². The van der Waals surface area contributed by atoms with E-state index in [2.05, 4.69) is 4.98 Å². The van der Waals surface area contributed by atoms with Gasteiger partial charge >= 0.3 is 5.97 Å². The second-order valence-corrected chi connectivity index (χ2v) is 7.56. The molecule has 2 aromatic rings. The number of carbonyl (C=O) groups is 3. The van der Waals surface area contributed by atoms with E-state index in [0.29, 0.717) is 39.9 Å². The van der Waals surface area contributed by atoms with Gasteiger partial charge in [-0.3, -0.25) is 9.59 Å². The van der Waals surface area contributed by atoms with Crippen LogP contribution in [0.4, 0.5) is 0 Å². The third-order valence-electron chi connectivity index (χ3n) is 5.01. The molecule has 148 valence electrons. The normalized spacial score (nSPS) is 13.3. The molecular weight excluding hydrogens is 380 g/mol. The van der Waals surface area contributed by atoms with Crippen molar-refractivity contribution in [2.45, 2.75) is 26.7 Å². The summed E-state index contributed by atoms with van der Waals surface area (Å²) in [5.41, 5.74) is 2.18. The summed E-state index contributed by atoms with van der Waals surface area (Å²) in [6.45, 7) is 3.88. The maximum Gasteiger partial charge on any atom is 0.354 e. The molecule has 0 bridgehead atoms. The zero-order valence-electron chi connectivity index (χ0n) is 16.2. The predicted octanol–water partition coefficient (Wildman–Crippen LogP) is 3.81. The molecule has 0 spiro atoms. The van der Waals surface area contributed by atoms with Crippen LogP contribution in [0, 0.1) is 19.8 Å². The second kappa shape index (κ2) is 8.19. The number of methoxy groups -OCH3 is 1. The van der Waals surface area contributed by atoms with Gasteiger partial charge in [-0.1, -0.05) is 23.7 Å². The van der Waals surface area contributed by atoms with Crippen molar-refractivity contribution < 1.29 is 19.1 Å². The Kier molecular flexibility index (Phi) is 5.89. The van der Waals surface area contributed by atoms with Crippen molar-refractivity contribution in [1.29, 1.82) is 0 Å². The monoisotopic (exact) mass is 402 g/mol. The molecule has 0 saturated heterocycles. The van der Waals surface area contributed by atoms with Crippen molar-refractivity contribution >= 4 is 29.3 Å². The van der Waals surface area contributed by atoms with E-state index in [0.717, 1.165) is 12.8 Å². The first-order valence-corrected chi connectivity index (χ1v) is 9.55. The number of benzene rings is 1. The minimum atomic E-state index is -0.526. The number of ether oxygens (including phenoxy) is 1. The first kappa shape index (κ1) is 20.1. The SMILES string of the molecule is COC(=O)c1[nH]c(C)c(C(=O)CN(CC2CC2)C(=O)c2ccccc2Cl)c1C. The minimum Gasteiger partial charge on any atom is -0.464 e. The van der Waals surface area contributed by atoms with Crippen molar-refractivity contribution in [2.75, 3.05) is 20.2 Å². The van der Waals surface area contributed by atoms with Crippen molar-refractivity contribution in [3.05, 3.63) is 57.4 Å². The lowest BCUT2D eigenvalue weighted by Gasteiger charge is -2.22. The standard InChI is InChI=1S/C21H23ClN2O4/c1-12-18(13(2)23-19(12)21(27)28-3)17(25)11-24(10-14-8-9-14)20(26)15-6-4-5-7-16(15)22/h4-7,14,23H,8-11H2,1-3H3. The number of hydrogen-bond donors (Lipinski definition) is 1. The maximum absolute atomic E-state index is 13.0. The molecule has 6 nitrogen and oxygen atoms in total. The van der Waals surface area contributed by atoms with Crippen molar-refractivity contribution in [3.8, 4) is 0 Å². The third kappa shape index (κ3) is 4.12. The number of halogens is 1. The Hall–Kier alpha value is -2.60. The van der Waals surface area contributed by atoms with E-state index in [1.165, 1.54) is 7.11 Å². The number of hydrogen-bond acceptors (Lipinski definition) is 4. The van der Waals surface area contributed by atoms with Gasteiger partial charge in [-0.05, 0) is 50.3 Å². The van der Waals surface area contributed by atoms with E-state index in [-0.39, 0.29) is 23.9 Å². The second-order valence-electron chi connectivity index (χ2n) is 7.15. The molecule has 1 aromatic heterocycles. The summed E-state index contributed by atoms with van der Waals surface area (Å²) in [6, 6.07) is 6.84. The van der Waals surface area contributed by atoms with E-state index < -0.39 is 5.97 Å². The molecule has 7 heteroatoms. The van der Waals surface area contributed by atoms with Gasteiger partial charge in [0.05, 0.1) is 24.2 Å². The fourth-order valence-electron chi connectivity index (χ4n) is 3.36. The van der Waals surface area contributed by atoms with Crippen LogP contribution in [0.1, 0.15) is 55.3 Å². The van der Waals surface area contributed by atoms with Gasteiger partial charge in [0.1, 0.15) is 5.69 Å². The van der Waals surface area contributed by atoms with Crippen LogP contribution < -0.4 is 0 Å².